The van der Waals surface area contributed by atoms with Crippen LogP contribution in [0.2, 0.25) is 0 Å². The van der Waals surface area contributed by atoms with Gasteiger partial charge in [-0.25, -0.2) is 12.8 Å². The number of anilines is 1. The van der Waals surface area contributed by atoms with E-state index in [2.05, 4.69) is 15.5 Å². The molecule has 1 amide bonds. The molecule has 0 unspecified atom stereocenters. The molecule has 0 radical (unpaired) electrons. The lowest BCUT2D eigenvalue weighted by Gasteiger charge is -2.29. The lowest BCUT2D eigenvalue weighted by atomic mass is 9.98. The molecule has 3 aromatic rings. The molecule has 0 bridgehead atoms. The number of ether oxygens (including phenoxy) is 1. The number of piperidine rings is 1. The fourth-order valence-corrected chi connectivity index (χ4v) is 5.23. The van der Waals surface area contributed by atoms with Gasteiger partial charge in [0.25, 0.3) is 0 Å². The number of hydrogen-bond acceptors (Lipinski definition) is 7. The van der Waals surface area contributed by atoms with Crippen LogP contribution in [0.15, 0.2) is 51.8 Å². The predicted molar refractivity (Wildman–Crippen MR) is 118 cm³/mol. The molecule has 2 heterocycles. The standard InChI is InChI=1S/C22H23FN4O5S/c1-14(28)24-19-13-18(7-8-20(19)31-2)33(29,30)27-11-9-16(10-12-27)22-26-25-21(32-22)15-3-5-17(23)6-4-15/h3-8,13,16H,9-12H2,1-2H3,(H,24,28). The van der Waals surface area contributed by atoms with Gasteiger partial charge in [0.05, 0.1) is 17.7 Å². The summed E-state index contributed by atoms with van der Waals surface area (Å²) in [4.78, 5) is 11.5. The Morgan fingerprint density at radius 2 is 1.85 bits per heavy atom. The van der Waals surface area contributed by atoms with Crippen LogP contribution < -0.4 is 10.1 Å². The zero-order valence-electron chi connectivity index (χ0n) is 18.1. The topological polar surface area (TPSA) is 115 Å². The molecule has 1 fully saturated rings. The van der Waals surface area contributed by atoms with E-state index in [9.17, 15) is 17.6 Å². The number of halogens is 1. The summed E-state index contributed by atoms with van der Waals surface area (Å²) in [6, 6.07) is 10.1. The Bertz CT molecular complexity index is 1250. The molecule has 2 aromatic carbocycles. The average Bonchev–Trinajstić information content (AvgIpc) is 3.29. The third-order valence-corrected chi connectivity index (χ3v) is 7.35. The van der Waals surface area contributed by atoms with E-state index in [1.54, 1.807) is 12.1 Å². The SMILES string of the molecule is COc1ccc(S(=O)(=O)N2CCC(c3nnc(-c4ccc(F)cc4)o3)CC2)cc1NC(C)=O. The first-order chi connectivity index (χ1) is 15.8. The molecule has 11 heteroatoms. The van der Waals surface area contributed by atoms with E-state index < -0.39 is 10.0 Å². The summed E-state index contributed by atoms with van der Waals surface area (Å²) in [5.74, 6) is 0.337. The van der Waals surface area contributed by atoms with Gasteiger partial charge in [0, 0.05) is 31.5 Å². The number of methoxy groups -OCH3 is 1. The van der Waals surface area contributed by atoms with Crippen LogP contribution >= 0.6 is 0 Å². The van der Waals surface area contributed by atoms with Gasteiger partial charge in [-0.1, -0.05) is 0 Å². The van der Waals surface area contributed by atoms with Gasteiger partial charge in [0.2, 0.25) is 27.7 Å². The van der Waals surface area contributed by atoms with Crippen molar-refractivity contribution >= 4 is 21.6 Å². The molecule has 33 heavy (non-hydrogen) atoms. The minimum Gasteiger partial charge on any atom is -0.495 e. The molecular weight excluding hydrogens is 451 g/mol. The smallest absolute Gasteiger partial charge is 0.247 e. The van der Waals surface area contributed by atoms with Gasteiger partial charge in [0.15, 0.2) is 0 Å². The monoisotopic (exact) mass is 474 g/mol. The summed E-state index contributed by atoms with van der Waals surface area (Å²) in [6.07, 6.45) is 1.03. The van der Waals surface area contributed by atoms with Gasteiger partial charge in [-0.15, -0.1) is 10.2 Å². The van der Waals surface area contributed by atoms with E-state index in [1.807, 2.05) is 0 Å². The van der Waals surface area contributed by atoms with Crippen molar-refractivity contribution in [2.75, 3.05) is 25.5 Å². The first-order valence-corrected chi connectivity index (χ1v) is 11.8. The molecule has 174 valence electrons. The highest BCUT2D eigenvalue weighted by Crippen LogP contribution is 2.33. The zero-order valence-corrected chi connectivity index (χ0v) is 18.9. The van der Waals surface area contributed by atoms with Crippen LogP contribution in [0.5, 0.6) is 5.75 Å². The van der Waals surface area contributed by atoms with Crippen LogP contribution in [0.1, 0.15) is 31.6 Å². The highest BCUT2D eigenvalue weighted by Gasteiger charge is 2.32. The molecule has 0 aliphatic carbocycles. The fraction of sp³-hybridized carbons (Fsp3) is 0.318. The third-order valence-electron chi connectivity index (χ3n) is 5.45. The summed E-state index contributed by atoms with van der Waals surface area (Å²) < 4.78 is 51.8. The van der Waals surface area contributed by atoms with Gasteiger partial charge in [-0.2, -0.15) is 4.31 Å². The van der Waals surface area contributed by atoms with Gasteiger partial charge in [0.1, 0.15) is 11.6 Å². The Morgan fingerprint density at radius 1 is 1.15 bits per heavy atom. The maximum absolute atomic E-state index is 13.2. The van der Waals surface area contributed by atoms with E-state index in [4.69, 9.17) is 9.15 Å². The zero-order chi connectivity index (χ0) is 23.6. The number of hydrogen-bond donors (Lipinski definition) is 1. The normalized spacial score (nSPS) is 15.4. The van der Waals surface area contributed by atoms with Crippen molar-refractivity contribution in [2.45, 2.75) is 30.6 Å². The average molecular weight is 475 g/mol. The van der Waals surface area contributed by atoms with Crippen LogP contribution in [-0.4, -0.2) is 49.0 Å². The van der Waals surface area contributed by atoms with Crippen LogP contribution in [0.25, 0.3) is 11.5 Å². The number of amides is 1. The molecule has 1 aliphatic heterocycles. The number of sulfonamides is 1. The Kier molecular flexibility index (Phi) is 6.43. The van der Waals surface area contributed by atoms with Gasteiger partial charge in [-0.3, -0.25) is 4.79 Å². The van der Waals surface area contributed by atoms with Gasteiger partial charge < -0.3 is 14.5 Å². The van der Waals surface area contributed by atoms with Crippen LogP contribution in [0.3, 0.4) is 0 Å². The predicted octanol–water partition coefficient (Wildman–Crippen LogP) is 3.41. The van der Waals surface area contributed by atoms with E-state index >= 15 is 0 Å². The van der Waals surface area contributed by atoms with Crippen molar-refractivity contribution in [3.63, 3.8) is 0 Å². The number of benzene rings is 2. The van der Waals surface area contributed by atoms with Crippen LogP contribution in [0.4, 0.5) is 10.1 Å². The second-order valence-corrected chi connectivity index (χ2v) is 9.61. The number of carbonyl (C=O) groups excluding carboxylic acids is 1. The number of aromatic nitrogens is 2. The molecule has 1 aliphatic rings. The number of nitrogens with one attached hydrogen (secondary N) is 1. The summed E-state index contributed by atoms with van der Waals surface area (Å²) in [7, 11) is -2.33. The molecule has 0 saturated carbocycles. The summed E-state index contributed by atoms with van der Waals surface area (Å²) >= 11 is 0. The highest BCUT2D eigenvalue weighted by atomic mass is 32.2. The number of carbonyl (C=O) groups is 1. The van der Waals surface area contributed by atoms with Crippen molar-refractivity contribution in [1.82, 2.24) is 14.5 Å². The number of nitrogens with zero attached hydrogens (tertiary/aromatic N) is 3. The molecular formula is C22H23FN4O5S. The van der Waals surface area contributed by atoms with Crippen molar-refractivity contribution in [3.8, 4) is 17.2 Å². The molecule has 0 atom stereocenters. The van der Waals surface area contributed by atoms with Gasteiger partial charge >= 0.3 is 0 Å². The quantitative estimate of drug-likeness (QED) is 0.582. The third kappa shape index (κ3) is 4.88. The molecule has 9 nitrogen and oxygen atoms in total. The molecule has 4 rings (SSSR count). The van der Waals surface area contributed by atoms with Crippen molar-refractivity contribution < 1.29 is 26.8 Å². The maximum Gasteiger partial charge on any atom is 0.247 e. The lowest BCUT2D eigenvalue weighted by molar-refractivity contribution is -0.114. The minimum atomic E-state index is -3.77. The summed E-state index contributed by atoms with van der Waals surface area (Å²) in [6.45, 7) is 1.90. The Morgan fingerprint density at radius 3 is 2.48 bits per heavy atom. The van der Waals surface area contributed by atoms with Gasteiger partial charge in [-0.05, 0) is 55.3 Å². The molecule has 1 saturated heterocycles. The van der Waals surface area contributed by atoms with Crippen molar-refractivity contribution in [3.05, 3.63) is 54.2 Å². The van der Waals surface area contributed by atoms with Crippen molar-refractivity contribution in [2.24, 2.45) is 0 Å². The van der Waals surface area contributed by atoms with Crippen LogP contribution in [-0.2, 0) is 14.8 Å². The maximum atomic E-state index is 13.2. The lowest BCUT2D eigenvalue weighted by Crippen LogP contribution is -2.38. The number of rotatable bonds is 6. The Balaban J connectivity index is 1.46. The van der Waals surface area contributed by atoms with E-state index in [1.165, 1.54) is 48.7 Å². The second-order valence-electron chi connectivity index (χ2n) is 7.67. The highest BCUT2D eigenvalue weighted by molar-refractivity contribution is 7.89. The first-order valence-electron chi connectivity index (χ1n) is 10.3. The largest absolute Gasteiger partial charge is 0.495 e. The van der Waals surface area contributed by atoms with E-state index in [-0.39, 0.29) is 35.6 Å². The molecule has 0 spiro atoms. The summed E-state index contributed by atoms with van der Waals surface area (Å²) in [5, 5.41) is 10.7. The Labute approximate surface area is 190 Å². The Hall–Kier alpha value is -3.31. The molecule has 1 N–H and O–H groups in total. The first kappa shape index (κ1) is 22.9. The minimum absolute atomic E-state index is 0.0712. The summed E-state index contributed by atoms with van der Waals surface area (Å²) in [5.41, 5.74) is 0.907. The van der Waals surface area contributed by atoms with E-state index in [0.29, 0.717) is 41.6 Å². The van der Waals surface area contributed by atoms with Crippen molar-refractivity contribution in [1.29, 1.82) is 0 Å². The van der Waals surface area contributed by atoms with Crippen LogP contribution in [0, 0.1) is 5.82 Å². The van der Waals surface area contributed by atoms with E-state index in [0.717, 1.165) is 0 Å². The second kappa shape index (κ2) is 9.28. The fourth-order valence-electron chi connectivity index (χ4n) is 3.74. The molecule has 1 aromatic heterocycles.